The first kappa shape index (κ1) is 14.8. The largest absolute Gasteiger partial charge is 0.465 e. The fraction of sp³-hybridized carbons (Fsp3) is 0.316. The van der Waals surface area contributed by atoms with Gasteiger partial charge in [0.25, 0.3) is 0 Å². The highest BCUT2D eigenvalue weighted by atomic mass is 16.5. The summed E-state index contributed by atoms with van der Waals surface area (Å²) in [5.74, 6) is -0.299. The van der Waals surface area contributed by atoms with Gasteiger partial charge in [0.2, 0.25) is 0 Å². The van der Waals surface area contributed by atoms with Gasteiger partial charge in [0, 0.05) is 5.92 Å². The molecule has 0 saturated carbocycles. The van der Waals surface area contributed by atoms with Crippen LogP contribution in [0.5, 0.6) is 0 Å². The average molecular weight is 296 g/mol. The second-order valence-corrected chi connectivity index (χ2v) is 6.40. The van der Waals surface area contributed by atoms with E-state index in [9.17, 15) is 9.90 Å². The van der Waals surface area contributed by atoms with Crippen molar-refractivity contribution in [3.8, 4) is 11.1 Å². The molecule has 1 aliphatic rings. The number of aliphatic hydroxyl groups is 1. The normalized spacial score (nSPS) is 13.6. The third-order valence-corrected chi connectivity index (χ3v) is 3.95. The maximum absolute atomic E-state index is 11.9. The molecule has 0 aliphatic heterocycles. The molecule has 3 nitrogen and oxygen atoms in total. The van der Waals surface area contributed by atoms with E-state index in [1.807, 2.05) is 24.3 Å². The van der Waals surface area contributed by atoms with Gasteiger partial charge in [0.15, 0.2) is 0 Å². The Kier molecular flexibility index (Phi) is 3.75. The van der Waals surface area contributed by atoms with Crippen LogP contribution in [0.3, 0.4) is 0 Å². The Morgan fingerprint density at radius 2 is 1.55 bits per heavy atom. The minimum Gasteiger partial charge on any atom is -0.465 e. The smallest absolute Gasteiger partial charge is 0.308 e. The third-order valence-electron chi connectivity index (χ3n) is 3.95. The van der Waals surface area contributed by atoms with Gasteiger partial charge in [-0.25, -0.2) is 0 Å². The molecule has 0 amide bonds. The number of rotatable bonds is 4. The van der Waals surface area contributed by atoms with Gasteiger partial charge >= 0.3 is 5.97 Å². The second-order valence-electron chi connectivity index (χ2n) is 6.40. The molecule has 0 radical (unpaired) electrons. The highest BCUT2D eigenvalue weighted by Gasteiger charge is 2.29. The van der Waals surface area contributed by atoms with Crippen molar-refractivity contribution >= 4 is 5.97 Å². The summed E-state index contributed by atoms with van der Waals surface area (Å²) in [6.45, 7) is 3.52. The molecule has 1 N–H and O–H groups in total. The van der Waals surface area contributed by atoms with Gasteiger partial charge in [-0.15, -0.1) is 0 Å². The number of hydrogen-bond donors (Lipinski definition) is 1. The molecule has 0 heterocycles. The number of carbonyl (C=O) groups is 1. The van der Waals surface area contributed by atoms with Crippen LogP contribution in [0.15, 0.2) is 48.5 Å². The third kappa shape index (κ3) is 2.90. The van der Waals surface area contributed by atoms with E-state index in [-0.39, 0.29) is 18.3 Å². The molecule has 3 rings (SSSR count). The van der Waals surface area contributed by atoms with Crippen LogP contribution in [0.1, 0.15) is 37.3 Å². The van der Waals surface area contributed by atoms with Gasteiger partial charge in [-0.1, -0.05) is 48.5 Å². The highest BCUT2D eigenvalue weighted by Crippen LogP contribution is 2.44. The van der Waals surface area contributed by atoms with E-state index in [0.717, 1.165) is 0 Å². The van der Waals surface area contributed by atoms with Gasteiger partial charge in [0.1, 0.15) is 6.61 Å². The molecular weight excluding hydrogens is 276 g/mol. The number of esters is 1. The van der Waals surface area contributed by atoms with Crippen LogP contribution < -0.4 is 0 Å². The predicted molar refractivity (Wildman–Crippen MR) is 85.6 cm³/mol. The maximum Gasteiger partial charge on any atom is 0.308 e. The summed E-state index contributed by atoms with van der Waals surface area (Å²) in [5, 5.41) is 9.69. The summed E-state index contributed by atoms with van der Waals surface area (Å²) in [6.07, 6.45) is 0.00299. The molecule has 0 spiro atoms. The van der Waals surface area contributed by atoms with Crippen molar-refractivity contribution in [2.45, 2.75) is 31.8 Å². The minimum atomic E-state index is -1.04. The predicted octanol–water partition coefficient (Wildman–Crippen LogP) is 3.50. The molecule has 0 saturated heterocycles. The number of hydrogen-bond acceptors (Lipinski definition) is 3. The molecule has 0 unspecified atom stereocenters. The van der Waals surface area contributed by atoms with E-state index >= 15 is 0 Å². The van der Waals surface area contributed by atoms with Crippen molar-refractivity contribution in [1.29, 1.82) is 0 Å². The number of carbonyl (C=O) groups excluding carboxylic acids is 1. The van der Waals surface area contributed by atoms with E-state index < -0.39 is 5.60 Å². The van der Waals surface area contributed by atoms with Crippen molar-refractivity contribution in [2.75, 3.05) is 6.61 Å². The summed E-state index contributed by atoms with van der Waals surface area (Å²) in [5.41, 5.74) is 3.77. The lowest BCUT2D eigenvalue weighted by molar-refractivity contribution is -0.148. The fourth-order valence-corrected chi connectivity index (χ4v) is 3.02. The van der Waals surface area contributed by atoms with Crippen LogP contribution in [0, 0.1) is 0 Å². The molecular formula is C19H20O3. The van der Waals surface area contributed by atoms with Gasteiger partial charge in [0.05, 0.1) is 12.0 Å². The van der Waals surface area contributed by atoms with Crippen LogP contribution in [0.4, 0.5) is 0 Å². The molecule has 114 valence electrons. The van der Waals surface area contributed by atoms with Gasteiger partial charge in [-0.2, -0.15) is 0 Å². The van der Waals surface area contributed by atoms with Crippen molar-refractivity contribution < 1.29 is 14.6 Å². The molecule has 0 aromatic heterocycles. The summed E-state index contributed by atoms with van der Waals surface area (Å²) in [7, 11) is 0. The lowest BCUT2D eigenvalue weighted by Gasteiger charge is -2.18. The Bertz CT molecular complexity index is 652. The van der Waals surface area contributed by atoms with Crippen LogP contribution in [-0.2, 0) is 9.53 Å². The van der Waals surface area contributed by atoms with Crippen molar-refractivity contribution in [2.24, 2.45) is 0 Å². The van der Waals surface area contributed by atoms with E-state index in [4.69, 9.17) is 4.74 Å². The number of benzene rings is 2. The zero-order valence-corrected chi connectivity index (χ0v) is 12.9. The zero-order valence-electron chi connectivity index (χ0n) is 12.9. The summed E-state index contributed by atoms with van der Waals surface area (Å²) < 4.78 is 5.42. The minimum absolute atomic E-state index is 0.00299. The van der Waals surface area contributed by atoms with E-state index in [1.54, 1.807) is 13.8 Å². The molecule has 3 heteroatoms. The van der Waals surface area contributed by atoms with Crippen molar-refractivity contribution in [3.63, 3.8) is 0 Å². The molecule has 0 atom stereocenters. The summed E-state index contributed by atoms with van der Waals surface area (Å²) >= 11 is 0. The van der Waals surface area contributed by atoms with Gasteiger partial charge in [-0.3, -0.25) is 4.79 Å². The number of ether oxygens (including phenoxy) is 1. The lowest BCUT2D eigenvalue weighted by Crippen LogP contribution is -2.25. The summed E-state index contributed by atoms with van der Waals surface area (Å²) in [4.78, 5) is 11.9. The number of fused-ring (bicyclic) bond motifs is 3. The van der Waals surface area contributed by atoms with Crippen molar-refractivity contribution in [3.05, 3.63) is 59.7 Å². The van der Waals surface area contributed by atoms with E-state index in [0.29, 0.717) is 6.61 Å². The first-order valence-electron chi connectivity index (χ1n) is 7.52. The topological polar surface area (TPSA) is 46.5 Å². The first-order valence-corrected chi connectivity index (χ1v) is 7.52. The van der Waals surface area contributed by atoms with Crippen LogP contribution in [-0.4, -0.2) is 23.3 Å². The van der Waals surface area contributed by atoms with Crippen LogP contribution in [0.25, 0.3) is 11.1 Å². The molecule has 2 aromatic rings. The Balaban J connectivity index is 1.81. The van der Waals surface area contributed by atoms with Crippen molar-refractivity contribution in [1.82, 2.24) is 0 Å². The standard InChI is InChI=1S/C19H20O3/c1-19(2,21)11-18(20)22-12-17-15-9-5-3-7-13(15)14-8-4-6-10-16(14)17/h3-10,17,21H,11-12H2,1-2H3. The fourth-order valence-electron chi connectivity index (χ4n) is 3.02. The summed E-state index contributed by atoms with van der Waals surface area (Å²) in [6, 6.07) is 16.5. The molecule has 0 bridgehead atoms. The van der Waals surface area contributed by atoms with E-state index in [2.05, 4.69) is 24.3 Å². The molecule has 22 heavy (non-hydrogen) atoms. The second kappa shape index (κ2) is 5.58. The quantitative estimate of drug-likeness (QED) is 0.878. The van der Waals surface area contributed by atoms with Gasteiger partial charge < -0.3 is 9.84 Å². The van der Waals surface area contributed by atoms with Crippen LogP contribution in [0.2, 0.25) is 0 Å². The van der Waals surface area contributed by atoms with Gasteiger partial charge in [-0.05, 0) is 36.1 Å². The highest BCUT2D eigenvalue weighted by molar-refractivity contribution is 5.79. The lowest BCUT2D eigenvalue weighted by atomic mass is 9.98. The molecule has 0 fully saturated rings. The Hall–Kier alpha value is -2.13. The van der Waals surface area contributed by atoms with E-state index in [1.165, 1.54) is 22.3 Å². The molecule has 1 aliphatic carbocycles. The maximum atomic E-state index is 11.9. The average Bonchev–Trinajstić information content (AvgIpc) is 2.78. The Morgan fingerprint density at radius 1 is 1.05 bits per heavy atom. The molecule has 2 aromatic carbocycles. The monoisotopic (exact) mass is 296 g/mol. The Morgan fingerprint density at radius 3 is 2.05 bits per heavy atom. The van der Waals surface area contributed by atoms with Crippen LogP contribution >= 0.6 is 0 Å². The first-order chi connectivity index (χ1) is 10.5. The zero-order chi connectivity index (χ0) is 15.7. The SMILES string of the molecule is CC(C)(O)CC(=O)OCC1c2ccccc2-c2ccccc21. The Labute approximate surface area is 130 Å².